The molecular formula is C16H32O. The Morgan fingerprint density at radius 3 is 2.41 bits per heavy atom. The first-order chi connectivity index (χ1) is 7.83. The Morgan fingerprint density at radius 2 is 1.88 bits per heavy atom. The fraction of sp³-hybridized carbons (Fsp3) is 1.00. The van der Waals surface area contributed by atoms with Crippen LogP contribution in [-0.4, -0.2) is 11.2 Å². The molecule has 1 aliphatic rings. The van der Waals surface area contributed by atoms with Crippen LogP contribution in [0.3, 0.4) is 0 Å². The minimum Gasteiger partial charge on any atom is -0.393 e. The molecule has 1 saturated carbocycles. The zero-order valence-corrected chi connectivity index (χ0v) is 12.5. The van der Waals surface area contributed by atoms with Crippen molar-refractivity contribution in [2.45, 2.75) is 79.2 Å². The van der Waals surface area contributed by atoms with Crippen LogP contribution in [0.2, 0.25) is 0 Å². The van der Waals surface area contributed by atoms with Crippen molar-refractivity contribution in [3.63, 3.8) is 0 Å². The molecule has 3 atom stereocenters. The van der Waals surface area contributed by atoms with E-state index in [0.717, 1.165) is 12.3 Å². The van der Waals surface area contributed by atoms with Gasteiger partial charge in [0, 0.05) is 0 Å². The number of aliphatic hydroxyl groups excluding tert-OH is 1. The molecular weight excluding hydrogens is 208 g/mol. The van der Waals surface area contributed by atoms with Gasteiger partial charge in [-0.2, -0.15) is 0 Å². The summed E-state index contributed by atoms with van der Waals surface area (Å²) in [5.74, 6) is 2.04. The molecule has 0 heterocycles. The van der Waals surface area contributed by atoms with Gasteiger partial charge in [-0.3, -0.25) is 0 Å². The molecule has 1 rings (SSSR count). The molecule has 3 unspecified atom stereocenters. The van der Waals surface area contributed by atoms with Gasteiger partial charge in [-0.05, 0) is 42.4 Å². The van der Waals surface area contributed by atoms with Gasteiger partial charge in [-0.15, -0.1) is 0 Å². The monoisotopic (exact) mass is 240 g/mol. The molecule has 0 aromatic heterocycles. The van der Waals surface area contributed by atoms with Crippen LogP contribution < -0.4 is 0 Å². The second-order valence-electron chi connectivity index (χ2n) is 7.37. The Balaban J connectivity index is 2.45. The Labute approximate surface area is 108 Å². The largest absolute Gasteiger partial charge is 0.393 e. The van der Waals surface area contributed by atoms with Crippen LogP contribution in [0.5, 0.6) is 0 Å². The first-order valence-corrected chi connectivity index (χ1v) is 7.51. The van der Waals surface area contributed by atoms with E-state index in [4.69, 9.17) is 0 Å². The normalized spacial score (nSPS) is 30.9. The third-order valence-corrected chi connectivity index (χ3v) is 4.69. The van der Waals surface area contributed by atoms with Crippen LogP contribution in [0.4, 0.5) is 0 Å². The van der Waals surface area contributed by atoms with Gasteiger partial charge in [-0.1, -0.05) is 53.9 Å². The number of hydrogen-bond acceptors (Lipinski definition) is 1. The zero-order valence-electron chi connectivity index (χ0n) is 12.5. The summed E-state index contributed by atoms with van der Waals surface area (Å²) in [6.45, 7) is 11.6. The zero-order chi connectivity index (χ0) is 13.1. The van der Waals surface area contributed by atoms with E-state index >= 15 is 0 Å². The van der Waals surface area contributed by atoms with Crippen molar-refractivity contribution in [2.75, 3.05) is 0 Å². The number of rotatable bonds is 5. The fourth-order valence-electron chi connectivity index (χ4n) is 3.41. The topological polar surface area (TPSA) is 20.2 Å². The smallest absolute Gasteiger partial charge is 0.0576 e. The molecule has 1 fully saturated rings. The van der Waals surface area contributed by atoms with Crippen LogP contribution >= 0.6 is 0 Å². The lowest BCUT2D eigenvalue weighted by Gasteiger charge is -2.42. The molecule has 0 radical (unpaired) electrons. The molecule has 0 aliphatic heterocycles. The van der Waals surface area contributed by atoms with E-state index in [1.807, 2.05) is 0 Å². The maximum Gasteiger partial charge on any atom is 0.0576 e. The molecule has 0 spiro atoms. The van der Waals surface area contributed by atoms with Crippen molar-refractivity contribution in [3.05, 3.63) is 0 Å². The van der Waals surface area contributed by atoms with Gasteiger partial charge in [0.2, 0.25) is 0 Å². The SMILES string of the molecule is CC(C)CCCC(C)(C)C1CCC(C)CC1O. The van der Waals surface area contributed by atoms with Crippen LogP contribution in [-0.2, 0) is 0 Å². The van der Waals surface area contributed by atoms with Gasteiger partial charge in [-0.25, -0.2) is 0 Å². The molecule has 0 amide bonds. The lowest BCUT2D eigenvalue weighted by Crippen LogP contribution is -2.38. The standard InChI is InChI=1S/C16H32O/c1-12(2)7-6-10-16(4,5)14-9-8-13(3)11-15(14)17/h12-15,17H,6-11H2,1-5H3. The van der Waals surface area contributed by atoms with Gasteiger partial charge in [0.05, 0.1) is 6.10 Å². The maximum atomic E-state index is 10.3. The summed E-state index contributed by atoms with van der Waals surface area (Å²) >= 11 is 0. The third-order valence-electron chi connectivity index (χ3n) is 4.69. The van der Waals surface area contributed by atoms with Gasteiger partial charge in [0.25, 0.3) is 0 Å². The average molecular weight is 240 g/mol. The molecule has 17 heavy (non-hydrogen) atoms. The summed E-state index contributed by atoms with van der Waals surface area (Å²) in [7, 11) is 0. The van der Waals surface area contributed by atoms with E-state index in [9.17, 15) is 5.11 Å². The number of aliphatic hydroxyl groups is 1. The van der Waals surface area contributed by atoms with Crippen molar-refractivity contribution in [1.82, 2.24) is 0 Å². The molecule has 1 N–H and O–H groups in total. The van der Waals surface area contributed by atoms with Crippen LogP contribution in [0, 0.1) is 23.2 Å². The van der Waals surface area contributed by atoms with Gasteiger partial charge >= 0.3 is 0 Å². The lowest BCUT2D eigenvalue weighted by atomic mass is 9.65. The summed E-state index contributed by atoms with van der Waals surface area (Å²) < 4.78 is 0. The van der Waals surface area contributed by atoms with E-state index in [2.05, 4.69) is 34.6 Å². The molecule has 102 valence electrons. The quantitative estimate of drug-likeness (QED) is 0.742. The first kappa shape index (κ1) is 15.0. The molecule has 1 nitrogen and oxygen atoms in total. The van der Waals surface area contributed by atoms with Crippen molar-refractivity contribution in [1.29, 1.82) is 0 Å². The molecule has 0 aromatic carbocycles. The minimum atomic E-state index is -0.0622. The Kier molecular flexibility index (Phi) is 5.50. The van der Waals surface area contributed by atoms with E-state index in [-0.39, 0.29) is 6.10 Å². The van der Waals surface area contributed by atoms with E-state index in [0.29, 0.717) is 17.3 Å². The van der Waals surface area contributed by atoms with Gasteiger partial charge in [0.15, 0.2) is 0 Å². The van der Waals surface area contributed by atoms with Crippen LogP contribution in [0.15, 0.2) is 0 Å². The summed E-state index contributed by atoms with van der Waals surface area (Å²) in [5, 5.41) is 10.3. The summed E-state index contributed by atoms with van der Waals surface area (Å²) in [5.41, 5.74) is 0.314. The van der Waals surface area contributed by atoms with Crippen LogP contribution in [0.1, 0.15) is 73.1 Å². The Bertz CT molecular complexity index is 220. The Morgan fingerprint density at radius 1 is 1.24 bits per heavy atom. The van der Waals surface area contributed by atoms with Crippen molar-refractivity contribution in [3.8, 4) is 0 Å². The highest BCUT2D eigenvalue weighted by Gasteiger charge is 2.37. The predicted molar refractivity (Wildman–Crippen MR) is 75.0 cm³/mol. The highest BCUT2D eigenvalue weighted by molar-refractivity contribution is 4.88. The average Bonchev–Trinajstić information content (AvgIpc) is 2.15. The molecule has 1 heteroatoms. The third kappa shape index (κ3) is 4.62. The summed E-state index contributed by atoms with van der Waals surface area (Å²) in [6.07, 6.45) is 7.37. The number of hydrogen-bond donors (Lipinski definition) is 1. The van der Waals surface area contributed by atoms with Crippen LogP contribution in [0.25, 0.3) is 0 Å². The van der Waals surface area contributed by atoms with Gasteiger partial charge in [0.1, 0.15) is 0 Å². The molecule has 1 aliphatic carbocycles. The highest BCUT2D eigenvalue weighted by atomic mass is 16.3. The fourth-order valence-corrected chi connectivity index (χ4v) is 3.41. The van der Waals surface area contributed by atoms with Crippen molar-refractivity contribution in [2.24, 2.45) is 23.2 Å². The molecule has 0 bridgehead atoms. The lowest BCUT2D eigenvalue weighted by molar-refractivity contribution is -0.0170. The summed E-state index contributed by atoms with van der Waals surface area (Å²) in [4.78, 5) is 0. The molecule has 0 saturated heterocycles. The van der Waals surface area contributed by atoms with E-state index in [1.165, 1.54) is 32.1 Å². The second-order valence-corrected chi connectivity index (χ2v) is 7.37. The predicted octanol–water partition coefficient (Wildman–Crippen LogP) is 4.64. The second kappa shape index (κ2) is 6.22. The maximum absolute atomic E-state index is 10.3. The van der Waals surface area contributed by atoms with Crippen molar-refractivity contribution >= 4 is 0 Å². The van der Waals surface area contributed by atoms with Crippen molar-refractivity contribution < 1.29 is 5.11 Å². The van der Waals surface area contributed by atoms with E-state index in [1.54, 1.807) is 0 Å². The molecule has 0 aromatic rings. The minimum absolute atomic E-state index is 0.0622. The Hall–Kier alpha value is -0.0400. The van der Waals surface area contributed by atoms with Gasteiger partial charge < -0.3 is 5.11 Å². The highest BCUT2D eigenvalue weighted by Crippen LogP contribution is 2.43. The first-order valence-electron chi connectivity index (χ1n) is 7.51. The summed E-state index contributed by atoms with van der Waals surface area (Å²) in [6, 6.07) is 0. The van der Waals surface area contributed by atoms with E-state index < -0.39 is 0 Å².